The lowest BCUT2D eigenvalue weighted by Crippen LogP contribution is -2.67. The number of nitrogens with two attached hydrogens (primary N) is 1. The molecule has 0 aliphatic carbocycles. The van der Waals surface area contributed by atoms with Gasteiger partial charge in [0.25, 0.3) is 0 Å². The van der Waals surface area contributed by atoms with Crippen LogP contribution >= 0.6 is 0 Å². The predicted molar refractivity (Wildman–Crippen MR) is 64.6 cm³/mol. The summed E-state index contributed by atoms with van der Waals surface area (Å²) in [5.74, 6) is 1.18. The molecule has 1 saturated heterocycles. The van der Waals surface area contributed by atoms with Crippen LogP contribution in [0.25, 0.3) is 5.65 Å². The minimum atomic E-state index is 0.00272. The van der Waals surface area contributed by atoms with E-state index in [4.69, 9.17) is 5.73 Å². The molecule has 0 bridgehead atoms. The van der Waals surface area contributed by atoms with E-state index in [-0.39, 0.29) is 5.54 Å². The zero-order chi connectivity index (χ0) is 11.2. The van der Waals surface area contributed by atoms with Gasteiger partial charge in [0.15, 0.2) is 0 Å². The van der Waals surface area contributed by atoms with Crippen LogP contribution in [0.4, 0.5) is 5.82 Å². The Labute approximate surface area is 94.7 Å². The summed E-state index contributed by atoms with van der Waals surface area (Å²) in [6.07, 6.45) is 4.85. The van der Waals surface area contributed by atoms with Crippen LogP contribution in [0.15, 0.2) is 30.6 Å². The summed E-state index contributed by atoms with van der Waals surface area (Å²) in [6.45, 7) is 4.01. The van der Waals surface area contributed by atoms with Crippen LogP contribution in [-0.2, 0) is 0 Å². The van der Waals surface area contributed by atoms with Crippen LogP contribution in [0.2, 0.25) is 0 Å². The molecule has 0 spiro atoms. The van der Waals surface area contributed by atoms with E-state index in [1.807, 2.05) is 24.5 Å². The molecule has 4 nitrogen and oxygen atoms in total. The molecule has 16 heavy (non-hydrogen) atoms. The van der Waals surface area contributed by atoms with E-state index in [0.29, 0.717) is 0 Å². The van der Waals surface area contributed by atoms with Crippen LogP contribution < -0.4 is 10.6 Å². The summed E-state index contributed by atoms with van der Waals surface area (Å²) in [7, 11) is 0. The highest BCUT2D eigenvalue weighted by molar-refractivity contribution is 5.54. The molecule has 1 aliphatic heterocycles. The zero-order valence-corrected chi connectivity index (χ0v) is 9.43. The molecule has 2 aromatic heterocycles. The standard InChI is InChI=1S/C12H16N4/c1-2-12(13)8-15(9-12)11-5-3-4-10-14-6-7-16(10)11/h3-7H,2,8-9,13H2,1H3. The van der Waals surface area contributed by atoms with Crippen LogP contribution in [0, 0.1) is 0 Å². The minimum Gasteiger partial charge on any atom is -0.354 e. The van der Waals surface area contributed by atoms with Gasteiger partial charge in [-0.15, -0.1) is 0 Å². The van der Waals surface area contributed by atoms with Crippen molar-refractivity contribution in [3.05, 3.63) is 30.6 Å². The first-order chi connectivity index (χ1) is 7.72. The van der Waals surface area contributed by atoms with Gasteiger partial charge in [-0.1, -0.05) is 13.0 Å². The summed E-state index contributed by atoms with van der Waals surface area (Å²) in [6, 6.07) is 6.17. The molecule has 2 N–H and O–H groups in total. The van der Waals surface area contributed by atoms with Crippen LogP contribution in [-0.4, -0.2) is 28.0 Å². The van der Waals surface area contributed by atoms with Crippen molar-refractivity contribution in [2.45, 2.75) is 18.9 Å². The van der Waals surface area contributed by atoms with Gasteiger partial charge in [-0.05, 0) is 18.6 Å². The molecule has 1 fully saturated rings. The third-order valence-electron chi connectivity index (χ3n) is 3.45. The molecule has 0 unspecified atom stereocenters. The maximum absolute atomic E-state index is 6.18. The lowest BCUT2D eigenvalue weighted by atomic mass is 9.88. The number of rotatable bonds is 2. The fourth-order valence-corrected chi connectivity index (χ4v) is 2.29. The summed E-state index contributed by atoms with van der Waals surface area (Å²) < 4.78 is 2.11. The quantitative estimate of drug-likeness (QED) is 0.822. The highest BCUT2D eigenvalue weighted by Crippen LogP contribution is 2.28. The highest BCUT2D eigenvalue weighted by Gasteiger charge is 2.38. The molecule has 1 aliphatic rings. The number of imidazole rings is 1. The van der Waals surface area contributed by atoms with Crippen molar-refractivity contribution in [1.29, 1.82) is 0 Å². The molecule has 4 heteroatoms. The van der Waals surface area contributed by atoms with Gasteiger partial charge in [0.2, 0.25) is 0 Å². The Morgan fingerprint density at radius 3 is 3.00 bits per heavy atom. The van der Waals surface area contributed by atoms with E-state index < -0.39 is 0 Å². The Kier molecular flexibility index (Phi) is 1.94. The molecular formula is C12H16N4. The minimum absolute atomic E-state index is 0.00272. The largest absolute Gasteiger partial charge is 0.354 e. The number of nitrogens with zero attached hydrogens (tertiary/aromatic N) is 3. The average Bonchev–Trinajstić information content (AvgIpc) is 2.72. The van der Waals surface area contributed by atoms with E-state index in [2.05, 4.69) is 27.3 Å². The Morgan fingerprint density at radius 2 is 2.25 bits per heavy atom. The molecule has 2 aromatic rings. The average molecular weight is 216 g/mol. The maximum Gasteiger partial charge on any atom is 0.138 e. The Bertz CT molecular complexity index is 510. The van der Waals surface area contributed by atoms with Gasteiger partial charge in [0, 0.05) is 25.5 Å². The van der Waals surface area contributed by atoms with Gasteiger partial charge >= 0.3 is 0 Å². The van der Waals surface area contributed by atoms with Gasteiger partial charge in [0.1, 0.15) is 11.5 Å². The second-order valence-electron chi connectivity index (χ2n) is 4.61. The Balaban J connectivity index is 1.94. The van der Waals surface area contributed by atoms with E-state index in [0.717, 1.165) is 25.2 Å². The van der Waals surface area contributed by atoms with Gasteiger partial charge in [-0.25, -0.2) is 4.98 Å². The monoisotopic (exact) mass is 216 g/mol. The van der Waals surface area contributed by atoms with Crippen molar-refractivity contribution < 1.29 is 0 Å². The summed E-state index contributed by atoms with van der Waals surface area (Å²) in [5.41, 5.74) is 7.17. The fraction of sp³-hybridized carbons (Fsp3) is 0.417. The summed E-state index contributed by atoms with van der Waals surface area (Å²) >= 11 is 0. The van der Waals surface area contributed by atoms with E-state index in [9.17, 15) is 0 Å². The molecule has 0 atom stereocenters. The molecule has 0 radical (unpaired) electrons. The highest BCUT2D eigenvalue weighted by atomic mass is 15.3. The molecule has 84 valence electrons. The van der Waals surface area contributed by atoms with E-state index >= 15 is 0 Å². The second-order valence-corrected chi connectivity index (χ2v) is 4.61. The van der Waals surface area contributed by atoms with Gasteiger partial charge in [-0.3, -0.25) is 4.40 Å². The van der Waals surface area contributed by atoms with Crippen molar-refractivity contribution >= 4 is 11.5 Å². The maximum atomic E-state index is 6.18. The number of anilines is 1. The van der Waals surface area contributed by atoms with Crippen LogP contribution in [0.1, 0.15) is 13.3 Å². The molecule has 3 heterocycles. The summed E-state index contributed by atoms with van der Waals surface area (Å²) in [5, 5.41) is 0. The third-order valence-corrected chi connectivity index (χ3v) is 3.45. The number of pyridine rings is 1. The van der Waals surface area contributed by atoms with E-state index in [1.54, 1.807) is 0 Å². The van der Waals surface area contributed by atoms with Crippen molar-refractivity contribution in [3.63, 3.8) is 0 Å². The first-order valence-corrected chi connectivity index (χ1v) is 5.68. The number of fused-ring (bicyclic) bond motifs is 1. The van der Waals surface area contributed by atoms with Gasteiger partial charge in [-0.2, -0.15) is 0 Å². The molecule has 0 aromatic carbocycles. The first-order valence-electron chi connectivity index (χ1n) is 5.68. The lowest BCUT2D eigenvalue weighted by molar-refractivity contribution is 0.319. The van der Waals surface area contributed by atoms with E-state index in [1.165, 1.54) is 5.82 Å². The zero-order valence-electron chi connectivity index (χ0n) is 9.43. The van der Waals surface area contributed by atoms with Crippen molar-refractivity contribution in [3.8, 4) is 0 Å². The number of hydrogen-bond donors (Lipinski definition) is 1. The van der Waals surface area contributed by atoms with Gasteiger partial charge in [0.05, 0.1) is 5.54 Å². The van der Waals surface area contributed by atoms with Crippen LogP contribution in [0.3, 0.4) is 0 Å². The van der Waals surface area contributed by atoms with Crippen molar-refractivity contribution in [1.82, 2.24) is 9.38 Å². The number of hydrogen-bond acceptors (Lipinski definition) is 3. The second kappa shape index (κ2) is 3.22. The van der Waals surface area contributed by atoms with Crippen LogP contribution in [0.5, 0.6) is 0 Å². The summed E-state index contributed by atoms with van der Waals surface area (Å²) in [4.78, 5) is 6.59. The van der Waals surface area contributed by atoms with Crippen molar-refractivity contribution in [2.24, 2.45) is 5.73 Å². The first kappa shape index (κ1) is 9.66. The molecular weight excluding hydrogens is 200 g/mol. The smallest absolute Gasteiger partial charge is 0.138 e. The molecule has 0 saturated carbocycles. The Morgan fingerprint density at radius 1 is 1.44 bits per heavy atom. The molecule has 3 rings (SSSR count). The molecule has 0 amide bonds. The van der Waals surface area contributed by atoms with Crippen molar-refractivity contribution in [2.75, 3.05) is 18.0 Å². The number of aromatic nitrogens is 2. The Hall–Kier alpha value is -1.55. The topological polar surface area (TPSA) is 46.6 Å². The SMILES string of the molecule is CCC1(N)CN(c2cccc3nccn23)C1. The third kappa shape index (κ3) is 1.30. The lowest BCUT2D eigenvalue weighted by Gasteiger charge is -2.48. The normalized spacial score (nSPS) is 18.8. The predicted octanol–water partition coefficient (Wildman–Crippen LogP) is 1.26. The fourth-order valence-electron chi connectivity index (χ4n) is 2.29. The van der Waals surface area contributed by atoms with Gasteiger partial charge < -0.3 is 10.6 Å².